The summed E-state index contributed by atoms with van der Waals surface area (Å²) in [6.45, 7) is 0. The van der Waals surface area contributed by atoms with Gasteiger partial charge in [-0.2, -0.15) is 0 Å². The molecule has 0 unspecified atom stereocenters. The fraction of sp³-hybridized carbons (Fsp3) is 0.263. The van der Waals surface area contributed by atoms with Gasteiger partial charge in [-0.15, -0.1) is 0 Å². The lowest BCUT2D eigenvalue weighted by Gasteiger charge is -2.24. The Morgan fingerprint density at radius 2 is 1.39 bits per heavy atom. The van der Waals surface area contributed by atoms with E-state index in [0.717, 1.165) is 12.5 Å². The average Bonchev–Trinajstić information content (AvgIpc) is 2.63. The second kappa shape index (κ2) is 8.79. The van der Waals surface area contributed by atoms with Crippen LogP contribution < -0.4 is 0 Å². The molecular formula is C19H24O3Si. The molecule has 0 N–H and O–H groups in total. The zero-order chi connectivity index (χ0) is 16.5. The molecule has 2 aromatic rings. The third-order valence-electron chi connectivity index (χ3n) is 3.94. The summed E-state index contributed by atoms with van der Waals surface area (Å²) >= 11 is 0. The lowest BCUT2D eigenvalue weighted by Crippen LogP contribution is -2.43. The maximum Gasteiger partial charge on any atom is 0.500 e. The van der Waals surface area contributed by atoms with Crippen molar-refractivity contribution in [3.63, 3.8) is 0 Å². The number of aryl methyl sites for hydroxylation is 1. The van der Waals surface area contributed by atoms with Crippen LogP contribution >= 0.6 is 0 Å². The van der Waals surface area contributed by atoms with Gasteiger partial charge in [-0.3, -0.25) is 0 Å². The fourth-order valence-corrected chi connectivity index (χ4v) is 4.21. The van der Waals surface area contributed by atoms with Crippen molar-refractivity contribution in [2.24, 2.45) is 0 Å². The molecule has 0 aliphatic heterocycles. The molecule has 122 valence electrons. The van der Waals surface area contributed by atoms with Crippen molar-refractivity contribution in [1.82, 2.24) is 0 Å². The Hall–Kier alpha value is -1.72. The zero-order valence-corrected chi connectivity index (χ0v) is 15.0. The third-order valence-corrected chi connectivity index (χ3v) is 6.67. The van der Waals surface area contributed by atoms with Gasteiger partial charge in [0.25, 0.3) is 0 Å². The molecule has 0 fully saturated rings. The first-order valence-corrected chi connectivity index (χ1v) is 9.62. The molecule has 0 aliphatic rings. The minimum absolute atomic E-state index is 0.757. The van der Waals surface area contributed by atoms with Crippen molar-refractivity contribution in [2.45, 2.75) is 12.5 Å². The van der Waals surface area contributed by atoms with Gasteiger partial charge in [-0.25, -0.2) is 0 Å². The van der Waals surface area contributed by atoms with Gasteiger partial charge in [-0.1, -0.05) is 66.7 Å². The molecule has 0 aromatic heterocycles. The molecular weight excluding hydrogens is 304 g/mol. The molecule has 0 bridgehead atoms. The van der Waals surface area contributed by atoms with Crippen molar-refractivity contribution >= 4 is 21.0 Å². The Morgan fingerprint density at radius 1 is 0.783 bits per heavy atom. The fourth-order valence-electron chi connectivity index (χ4n) is 2.52. The monoisotopic (exact) mass is 328 g/mol. The SMILES string of the molecule is CO[Si](CCc1ccccc1C=Cc1ccccc1)(OC)OC. The van der Waals surface area contributed by atoms with Crippen LogP contribution in [0.4, 0.5) is 0 Å². The van der Waals surface area contributed by atoms with Crippen LogP contribution in [0.3, 0.4) is 0 Å². The Kier molecular flexibility index (Phi) is 6.74. The summed E-state index contributed by atoms with van der Waals surface area (Å²) < 4.78 is 16.5. The van der Waals surface area contributed by atoms with Gasteiger partial charge in [0.1, 0.15) is 0 Å². The van der Waals surface area contributed by atoms with E-state index in [-0.39, 0.29) is 0 Å². The molecule has 0 atom stereocenters. The van der Waals surface area contributed by atoms with Crippen LogP contribution in [0.2, 0.25) is 6.04 Å². The van der Waals surface area contributed by atoms with E-state index in [0.29, 0.717) is 0 Å². The Morgan fingerprint density at radius 3 is 2.04 bits per heavy atom. The van der Waals surface area contributed by atoms with Crippen LogP contribution in [0, 0.1) is 0 Å². The lowest BCUT2D eigenvalue weighted by molar-refractivity contribution is 0.123. The molecule has 4 heteroatoms. The van der Waals surface area contributed by atoms with E-state index in [9.17, 15) is 0 Å². The molecule has 3 nitrogen and oxygen atoms in total. The average molecular weight is 328 g/mol. The van der Waals surface area contributed by atoms with Crippen molar-refractivity contribution in [2.75, 3.05) is 21.3 Å². The number of benzene rings is 2. The summed E-state index contributed by atoms with van der Waals surface area (Å²) in [5.74, 6) is 0. The standard InChI is InChI=1S/C19H24O3Si/c1-20-23(21-2,22-3)16-15-19-12-8-7-11-18(19)14-13-17-9-5-4-6-10-17/h4-14H,15-16H2,1-3H3. The molecule has 23 heavy (non-hydrogen) atoms. The quantitative estimate of drug-likeness (QED) is 0.535. The first-order valence-electron chi connectivity index (χ1n) is 7.69. The van der Waals surface area contributed by atoms with Gasteiger partial charge in [0.05, 0.1) is 0 Å². The highest BCUT2D eigenvalue weighted by Crippen LogP contribution is 2.20. The molecule has 0 saturated heterocycles. The molecule has 0 amide bonds. The van der Waals surface area contributed by atoms with E-state index < -0.39 is 8.80 Å². The van der Waals surface area contributed by atoms with E-state index in [1.807, 2.05) is 18.2 Å². The van der Waals surface area contributed by atoms with E-state index in [4.69, 9.17) is 13.3 Å². The first-order chi connectivity index (χ1) is 11.2. The highest BCUT2D eigenvalue weighted by molar-refractivity contribution is 6.60. The van der Waals surface area contributed by atoms with E-state index >= 15 is 0 Å². The largest absolute Gasteiger partial charge is 0.500 e. The van der Waals surface area contributed by atoms with Crippen molar-refractivity contribution in [3.05, 3.63) is 71.3 Å². The maximum absolute atomic E-state index is 5.50. The normalized spacial score (nSPS) is 12.0. The minimum atomic E-state index is -2.53. The van der Waals surface area contributed by atoms with Gasteiger partial charge >= 0.3 is 8.80 Å². The number of rotatable bonds is 8. The predicted octanol–water partition coefficient (Wildman–Crippen LogP) is 4.28. The van der Waals surface area contributed by atoms with Gasteiger partial charge in [0.2, 0.25) is 0 Å². The van der Waals surface area contributed by atoms with Crippen molar-refractivity contribution in [3.8, 4) is 0 Å². The van der Waals surface area contributed by atoms with Crippen LogP contribution in [0.25, 0.3) is 12.2 Å². The van der Waals surface area contributed by atoms with Gasteiger partial charge in [0.15, 0.2) is 0 Å². The van der Waals surface area contributed by atoms with Gasteiger partial charge < -0.3 is 13.3 Å². The molecule has 0 heterocycles. The number of hydrogen-bond donors (Lipinski definition) is 0. The first kappa shape index (κ1) is 17.6. The molecule has 0 aliphatic carbocycles. The van der Waals surface area contributed by atoms with E-state index in [2.05, 4.69) is 48.6 Å². The highest BCUT2D eigenvalue weighted by Gasteiger charge is 2.37. The van der Waals surface area contributed by atoms with E-state index in [1.165, 1.54) is 16.7 Å². The second-order valence-corrected chi connectivity index (χ2v) is 8.33. The predicted molar refractivity (Wildman–Crippen MR) is 97.1 cm³/mol. The summed E-state index contributed by atoms with van der Waals surface area (Å²) in [5, 5.41) is 0. The topological polar surface area (TPSA) is 27.7 Å². The summed E-state index contributed by atoms with van der Waals surface area (Å²) in [6, 6.07) is 19.4. The Labute approximate surface area is 139 Å². The highest BCUT2D eigenvalue weighted by atomic mass is 28.4. The van der Waals surface area contributed by atoms with Crippen LogP contribution in [0.15, 0.2) is 54.6 Å². The molecule has 2 rings (SSSR count). The Balaban J connectivity index is 2.13. The molecule has 0 saturated carbocycles. The third kappa shape index (κ3) is 4.87. The lowest BCUT2D eigenvalue weighted by atomic mass is 10.0. The van der Waals surface area contributed by atoms with Crippen LogP contribution in [0.5, 0.6) is 0 Å². The maximum atomic E-state index is 5.50. The van der Waals surface area contributed by atoms with Crippen molar-refractivity contribution < 1.29 is 13.3 Å². The van der Waals surface area contributed by atoms with Gasteiger partial charge in [-0.05, 0) is 23.1 Å². The Bertz CT molecular complexity index is 613. The molecule has 0 radical (unpaired) electrons. The summed E-state index contributed by atoms with van der Waals surface area (Å²) in [5.41, 5.74) is 3.67. The summed E-state index contributed by atoms with van der Waals surface area (Å²) in [7, 11) is 2.43. The zero-order valence-electron chi connectivity index (χ0n) is 14.0. The van der Waals surface area contributed by atoms with E-state index in [1.54, 1.807) is 21.3 Å². The second-order valence-electron chi connectivity index (χ2n) is 5.24. The minimum Gasteiger partial charge on any atom is -0.377 e. The van der Waals surface area contributed by atoms with Crippen molar-refractivity contribution in [1.29, 1.82) is 0 Å². The summed E-state index contributed by atoms with van der Waals surface area (Å²) in [4.78, 5) is 0. The van der Waals surface area contributed by atoms with Crippen LogP contribution in [-0.2, 0) is 19.7 Å². The molecule has 0 spiro atoms. The van der Waals surface area contributed by atoms with Crippen LogP contribution in [-0.4, -0.2) is 30.1 Å². The summed E-state index contributed by atoms with van der Waals surface area (Å²) in [6.07, 6.45) is 5.14. The smallest absolute Gasteiger partial charge is 0.377 e. The van der Waals surface area contributed by atoms with Gasteiger partial charge in [0, 0.05) is 27.4 Å². The van der Waals surface area contributed by atoms with Crippen LogP contribution in [0.1, 0.15) is 16.7 Å². The number of hydrogen-bond acceptors (Lipinski definition) is 3. The molecule has 2 aromatic carbocycles.